The maximum Gasteiger partial charge on any atom is 0.247 e. The average molecular weight is 629 g/mol. The number of anilines is 4. The highest BCUT2D eigenvalue weighted by Crippen LogP contribution is 2.44. The predicted molar refractivity (Wildman–Crippen MR) is 171 cm³/mol. The first kappa shape index (κ1) is 27.0. The van der Waals surface area contributed by atoms with E-state index in [0.717, 1.165) is 53.0 Å². The fraction of sp³-hybridized carbons (Fsp3) is 0.344. The Hall–Kier alpha value is -3.89. The lowest BCUT2D eigenvalue weighted by molar-refractivity contribution is -0.111. The lowest BCUT2D eigenvalue weighted by atomic mass is 10.0. The van der Waals surface area contributed by atoms with Crippen LogP contribution in [-0.2, 0) is 4.79 Å². The summed E-state index contributed by atoms with van der Waals surface area (Å²) in [5.41, 5.74) is 5.38. The number of carbonyl (C=O) groups is 1. The molecular formula is C32H34BrN7O2. The molecule has 3 aliphatic rings. The minimum absolute atomic E-state index is 0.263. The number of para-hydroxylation sites is 1. The number of rotatable bonds is 8. The molecule has 10 heteroatoms. The summed E-state index contributed by atoms with van der Waals surface area (Å²) >= 11 is 3.69. The summed E-state index contributed by atoms with van der Waals surface area (Å²) < 4.78 is 9.04. The number of halogens is 1. The number of carbonyl (C=O) groups excluding carboxylic acids is 1. The number of amides is 1. The first-order chi connectivity index (χ1) is 20.4. The zero-order chi connectivity index (χ0) is 29.0. The van der Waals surface area contributed by atoms with Gasteiger partial charge in [0.1, 0.15) is 5.75 Å². The van der Waals surface area contributed by atoms with Gasteiger partial charge >= 0.3 is 0 Å². The minimum atomic E-state index is -0.263. The van der Waals surface area contributed by atoms with Crippen molar-refractivity contribution in [2.45, 2.75) is 18.9 Å². The van der Waals surface area contributed by atoms with Crippen molar-refractivity contribution >= 4 is 55.8 Å². The van der Waals surface area contributed by atoms with Gasteiger partial charge < -0.3 is 29.7 Å². The van der Waals surface area contributed by atoms with Gasteiger partial charge in [-0.05, 0) is 65.9 Å². The van der Waals surface area contributed by atoms with Crippen LogP contribution in [0.2, 0.25) is 0 Å². The van der Waals surface area contributed by atoms with E-state index in [0.29, 0.717) is 41.0 Å². The highest BCUT2D eigenvalue weighted by atomic mass is 79.9. The Morgan fingerprint density at radius 2 is 1.88 bits per heavy atom. The molecule has 2 N–H and O–H groups in total. The van der Waals surface area contributed by atoms with Gasteiger partial charge in [-0.2, -0.15) is 0 Å². The van der Waals surface area contributed by atoms with E-state index in [4.69, 9.17) is 9.72 Å². The topological polar surface area (TPSA) is 87.5 Å². The van der Waals surface area contributed by atoms with Crippen molar-refractivity contribution < 1.29 is 9.53 Å². The van der Waals surface area contributed by atoms with Crippen molar-refractivity contribution in [1.82, 2.24) is 19.4 Å². The monoisotopic (exact) mass is 627 g/mol. The Kier molecular flexibility index (Phi) is 6.90. The summed E-state index contributed by atoms with van der Waals surface area (Å²) in [4.78, 5) is 26.8. The van der Waals surface area contributed by atoms with Crippen LogP contribution >= 0.6 is 15.9 Å². The van der Waals surface area contributed by atoms with Gasteiger partial charge in [0.15, 0.2) is 0 Å². The number of benzene rings is 2. The third-order valence-electron chi connectivity index (χ3n) is 8.70. The Labute approximate surface area is 253 Å². The number of aromatic nitrogens is 3. The summed E-state index contributed by atoms with van der Waals surface area (Å²) in [5.74, 6) is 2.04. The maximum absolute atomic E-state index is 12.5. The summed E-state index contributed by atoms with van der Waals surface area (Å²) in [6.07, 6.45) is 7.67. The molecule has 2 aliphatic heterocycles. The zero-order valence-electron chi connectivity index (χ0n) is 23.8. The number of likely N-dealkylation sites (tertiary alicyclic amines) is 1. The second kappa shape index (κ2) is 10.7. The van der Waals surface area contributed by atoms with E-state index >= 15 is 0 Å². The number of ether oxygens (including phenoxy) is 1. The summed E-state index contributed by atoms with van der Waals surface area (Å²) in [6, 6.07) is 12.9. The maximum atomic E-state index is 12.5. The van der Waals surface area contributed by atoms with Crippen LogP contribution in [0.25, 0.3) is 22.2 Å². The van der Waals surface area contributed by atoms with Crippen LogP contribution in [0.4, 0.5) is 23.0 Å². The van der Waals surface area contributed by atoms with Crippen molar-refractivity contribution in [3.8, 4) is 17.0 Å². The molecule has 0 spiro atoms. The van der Waals surface area contributed by atoms with Crippen molar-refractivity contribution in [1.29, 1.82) is 0 Å². The van der Waals surface area contributed by atoms with Gasteiger partial charge in [0, 0.05) is 67.1 Å². The molecular weight excluding hydrogens is 594 g/mol. The van der Waals surface area contributed by atoms with E-state index in [9.17, 15) is 4.79 Å². The molecule has 1 saturated carbocycles. The number of nitrogens with one attached hydrogen (secondary N) is 2. The zero-order valence-corrected chi connectivity index (χ0v) is 25.4. The second-order valence-electron chi connectivity index (χ2n) is 11.6. The third kappa shape index (κ3) is 4.92. The van der Waals surface area contributed by atoms with Crippen LogP contribution in [0.15, 0.2) is 65.9 Å². The summed E-state index contributed by atoms with van der Waals surface area (Å²) in [6.45, 7) is 7.71. The molecule has 2 saturated heterocycles. The van der Waals surface area contributed by atoms with E-state index in [1.165, 1.54) is 24.4 Å². The van der Waals surface area contributed by atoms with Gasteiger partial charge in [-0.15, -0.1) is 0 Å². The standard InChI is InChI=1S/C32H34BrN7O2/c1-4-30(41)35-25-11-26(29(42-3)12-28(25)39-16-19-14-38(2)15-20(19)17-39)36-32-34-13-24(33)31(37-32)23-18-40(21-9-10-21)27-8-6-5-7-22(23)27/h4-8,11-13,18-21H,1,9-10,14-17H2,2-3H3,(H,35,41)(H,34,36,37)/t19-,20?/m1/s1. The lowest BCUT2D eigenvalue weighted by Gasteiger charge is -2.26. The van der Waals surface area contributed by atoms with Gasteiger partial charge in [0.25, 0.3) is 0 Å². The first-order valence-corrected chi connectivity index (χ1v) is 15.2. The molecule has 9 nitrogen and oxygen atoms in total. The normalized spacial score (nSPS) is 20.1. The van der Waals surface area contributed by atoms with E-state index in [1.54, 1.807) is 13.3 Å². The molecule has 1 aliphatic carbocycles. The molecule has 2 atom stereocenters. The highest BCUT2D eigenvalue weighted by molar-refractivity contribution is 9.10. The molecule has 0 bridgehead atoms. The molecule has 216 valence electrons. The van der Waals surface area contributed by atoms with Gasteiger partial charge in [-0.1, -0.05) is 24.8 Å². The SMILES string of the molecule is C=CC(=O)Nc1cc(Nc2ncc(Br)c(-c3cn(C4CC4)c4ccccc34)n2)c(OC)cc1N1CC2CN(C)C[C@@H]2C1. The number of fused-ring (bicyclic) bond motifs is 2. The molecule has 0 radical (unpaired) electrons. The Balaban J connectivity index is 1.24. The van der Waals surface area contributed by atoms with Crippen LogP contribution in [0.1, 0.15) is 18.9 Å². The molecule has 1 amide bonds. The van der Waals surface area contributed by atoms with E-state index in [-0.39, 0.29) is 5.91 Å². The number of hydrogen-bond acceptors (Lipinski definition) is 7. The average Bonchev–Trinajstić information content (AvgIpc) is 3.52. The summed E-state index contributed by atoms with van der Waals surface area (Å²) in [7, 11) is 3.84. The number of hydrogen-bond donors (Lipinski definition) is 2. The molecule has 1 unspecified atom stereocenters. The third-order valence-corrected chi connectivity index (χ3v) is 9.28. The largest absolute Gasteiger partial charge is 0.494 e. The van der Waals surface area contributed by atoms with Crippen LogP contribution < -0.4 is 20.3 Å². The van der Waals surface area contributed by atoms with E-state index in [2.05, 4.69) is 90.0 Å². The van der Waals surface area contributed by atoms with Crippen molar-refractivity contribution in [2.24, 2.45) is 11.8 Å². The fourth-order valence-corrected chi connectivity index (χ4v) is 7.00. The van der Waals surface area contributed by atoms with E-state index < -0.39 is 0 Å². The quantitative estimate of drug-likeness (QED) is 0.229. The first-order valence-electron chi connectivity index (χ1n) is 14.4. The van der Waals surface area contributed by atoms with Gasteiger partial charge in [-0.3, -0.25) is 4.79 Å². The smallest absolute Gasteiger partial charge is 0.247 e. The van der Waals surface area contributed by atoms with Crippen LogP contribution in [0, 0.1) is 11.8 Å². The molecule has 42 heavy (non-hydrogen) atoms. The van der Waals surface area contributed by atoms with Crippen LogP contribution in [0.3, 0.4) is 0 Å². The molecule has 4 aromatic rings. The fourth-order valence-electron chi connectivity index (χ4n) is 6.59. The van der Waals surface area contributed by atoms with Gasteiger partial charge in [0.05, 0.1) is 34.3 Å². The molecule has 7 rings (SSSR count). The lowest BCUT2D eigenvalue weighted by Crippen LogP contribution is -2.27. The minimum Gasteiger partial charge on any atom is -0.494 e. The Morgan fingerprint density at radius 3 is 2.60 bits per heavy atom. The predicted octanol–water partition coefficient (Wildman–Crippen LogP) is 6.07. The molecule has 2 aromatic carbocycles. The molecule has 2 aromatic heterocycles. The van der Waals surface area contributed by atoms with Crippen molar-refractivity contribution in [3.05, 3.63) is 65.9 Å². The highest BCUT2D eigenvalue weighted by Gasteiger charge is 2.39. The van der Waals surface area contributed by atoms with Crippen LogP contribution in [-0.4, -0.2) is 65.7 Å². The Morgan fingerprint density at radius 1 is 1.12 bits per heavy atom. The van der Waals surface area contributed by atoms with Crippen molar-refractivity contribution in [3.63, 3.8) is 0 Å². The Bertz CT molecular complexity index is 1680. The van der Waals surface area contributed by atoms with Gasteiger partial charge in [0.2, 0.25) is 11.9 Å². The van der Waals surface area contributed by atoms with Crippen LogP contribution in [0.5, 0.6) is 5.75 Å². The molecule has 3 fully saturated rings. The number of nitrogens with zero attached hydrogens (tertiary/aromatic N) is 5. The van der Waals surface area contributed by atoms with Crippen molar-refractivity contribution in [2.75, 3.05) is 55.9 Å². The summed E-state index contributed by atoms with van der Waals surface area (Å²) in [5, 5.41) is 7.55. The number of methoxy groups -OCH3 is 1. The van der Waals surface area contributed by atoms with Gasteiger partial charge in [-0.25, -0.2) is 9.97 Å². The second-order valence-corrected chi connectivity index (χ2v) is 12.5. The van der Waals surface area contributed by atoms with E-state index in [1.807, 2.05) is 12.1 Å². The molecule has 4 heterocycles.